The fourth-order valence-electron chi connectivity index (χ4n) is 2.32. The molecule has 0 aliphatic rings. The third-order valence-corrected chi connectivity index (χ3v) is 4.50. The Labute approximate surface area is 155 Å². The molecule has 0 atom stereocenters. The average Bonchev–Trinajstić information content (AvgIpc) is 3.15. The van der Waals surface area contributed by atoms with Crippen LogP contribution in [0.1, 0.15) is 18.1 Å². The summed E-state index contributed by atoms with van der Waals surface area (Å²) in [5.41, 5.74) is 3.74. The van der Waals surface area contributed by atoms with Crippen LogP contribution in [0, 0.1) is 11.3 Å². The third-order valence-electron chi connectivity index (χ3n) is 3.74. The molecular weight excluding hydrogens is 344 g/mol. The van der Waals surface area contributed by atoms with E-state index in [1.54, 1.807) is 24.5 Å². The van der Waals surface area contributed by atoms with Gasteiger partial charge in [-0.1, -0.05) is 37.3 Å². The van der Waals surface area contributed by atoms with Crippen LogP contribution in [0.25, 0.3) is 17.3 Å². The van der Waals surface area contributed by atoms with Crippen LogP contribution in [-0.2, 0) is 11.2 Å². The predicted octanol–water partition coefficient (Wildman–Crippen LogP) is 4.31. The lowest BCUT2D eigenvalue weighted by molar-refractivity contribution is -0.112. The third kappa shape index (κ3) is 4.21. The van der Waals surface area contributed by atoms with Crippen molar-refractivity contribution in [2.75, 3.05) is 5.32 Å². The molecule has 3 aromatic rings. The van der Waals surface area contributed by atoms with Gasteiger partial charge < -0.3 is 0 Å². The molecule has 0 fully saturated rings. The summed E-state index contributed by atoms with van der Waals surface area (Å²) in [6.07, 6.45) is 5.71. The van der Waals surface area contributed by atoms with E-state index in [2.05, 4.69) is 34.3 Å². The minimum absolute atomic E-state index is 0.00190. The summed E-state index contributed by atoms with van der Waals surface area (Å²) in [6, 6.07) is 13.6. The second-order valence-corrected chi connectivity index (χ2v) is 6.36. The molecule has 1 aromatic carbocycles. The highest BCUT2D eigenvalue weighted by Crippen LogP contribution is 2.25. The number of hydrogen-bond acceptors (Lipinski definition) is 5. The number of nitrogens with zero attached hydrogens (tertiary/aromatic N) is 3. The fraction of sp³-hybridized carbons (Fsp3) is 0.100. The zero-order valence-corrected chi connectivity index (χ0v) is 15.0. The normalized spacial score (nSPS) is 11.0. The second-order valence-electron chi connectivity index (χ2n) is 5.50. The predicted molar refractivity (Wildman–Crippen MR) is 103 cm³/mol. The summed E-state index contributed by atoms with van der Waals surface area (Å²) in [7, 11) is 0. The van der Waals surface area contributed by atoms with Crippen molar-refractivity contribution >= 4 is 28.5 Å². The Morgan fingerprint density at radius 1 is 1.31 bits per heavy atom. The molecule has 1 amide bonds. The highest BCUT2D eigenvalue weighted by Gasteiger charge is 2.12. The van der Waals surface area contributed by atoms with Crippen molar-refractivity contribution in [3.63, 3.8) is 0 Å². The van der Waals surface area contributed by atoms with Crippen LogP contribution in [0.4, 0.5) is 5.13 Å². The molecule has 0 spiro atoms. The van der Waals surface area contributed by atoms with Crippen LogP contribution in [-0.4, -0.2) is 15.9 Å². The van der Waals surface area contributed by atoms with Gasteiger partial charge in [0.15, 0.2) is 5.13 Å². The summed E-state index contributed by atoms with van der Waals surface area (Å²) >= 11 is 1.32. The molecule has 0 aliphatic carbocycles. The number of carbonyl (C=O) groups excluding carboxylic acids is 1. The molecule has 128 valence electrons. The van der Waals surface area contributed by atoms with Crippen LogP contribution >= 0.6 is 11.3 Å². The van der Waals surface area contributed by atoms with Gasteiger partial charge in [0.2, 0.25) is 0 Å². The maximum Gasteiger partial charge on any atom is 0.268 e. The lowest BCUT2D eigenvalue weighted by Crippen LogP contribution is -2.13. The molecule has 3 rings (SSSR count). The van der Waals surface area contributed by atoms with Crippen LogP contribution in [0.2, 0.25) is 0 Å². The van der Waals surface area contributed by atoms with Crippen molar-refractivity contribution in [1.29, 1.82) is 5.26 Å². The number of nitriles is 1. The van der Waals surface area contributed by atoms with E-state index in [0.29, 0.717) is 10.7 Å². The Balaban J connectivity index is 1.74. The highest BCUT2D eigenvalue weighted by atomic mass is 32.1. The number of amides is 1. The number of aryl methyl sites for hydroxylation is 1. The number of rotatable bonds is 5. The number of nitrogens with one attached hydrogen (secondary N) is 1. The van der Waals surface area contributed by atoms with E-state index in [1.807, 2.05) is 23.6 Å². The molecular formula is C20H16N4OS. The van der Waals surface area contributed by atoms with Gasteiger partial charge in [0.25, 0.3) is 5.91 Å². The molecule has 6 heteroatoms. The Morgan fingerprint density at radius 2 is 2.12 bits per heavy atom. The van der Waals surface area contributed by atoms with Gasteiger partial charge in [0.05, 0.1) is 5.69 Å². The van der Waals surface area contributed by atoms with Crippen molar-refractivity contribution in [2.24, 2.45) is 0 Å². The summed E-state index contributed by atoms with van der Waals surface area (Å²) in [5, 5.41) is 14.3. The first-order valence-corrected chi connectivity index (χ1v) is 8.95. The molecule has 0 saturated heterocycles. The number of benzene rings is 1. The maximum absolute atomic E-state index is 12.3. The highest BCUT2D eigenvalue weighted by molar-refractivity contribution is 7.14. The van der Waals surface area contributed by atoms with Crippen molar-refractivity contribution in [3.05, 3.63) is 70.9 Å². The van der Waals surface area contributed by atoms with Crippen molar-refractivity contribution < 1.29 is 4.79 Å². The van der Waals surface area contributed by atoms with E-state index in [1.165, 1.54) is 23.0 Å². The van der Waals surface area contributed by atoms with Crippen LogP contribution < -0.4 is 5.32 Å². The quantitative estimate of drug-likeness (QED) is 0.543. The number of hydrogen-bond donors (Lipinski definition) is 1. The largest absolute Gasteiger partial charge is 0.297 e. The fourth-order valence-corrected chi connectivity index (χ4v) is 3.03. The van der Waals surface area contributed by atoms with Crippen molar-refractivity contribution in [3.8, 4) is 17.3 Å². The number of anilines is 1. The molecule has 0 radical (unpaired) electrons. The van der Waals surface area contributed by atoms with Gasteiger partial charge in [-0.2, -0.15) is 5.26 Å². The summed E-state index contributed by atoms with van der Waals surface area (Å²) in [5.74, 6) is -0.487. The molecule has 0 saturated carbocycles. The lowest BCUT2D eigenvalue weighted by Gasteiger charge is -2.01. The van der Waals surface area contributed by atoms with E-state index in [9.17, 15) is 10.1 Å². The summed E-state index contributed by atoms with van der Waals surface area (Å²) in [4.78, 5) is 20.7. The van der Waals surface area contributed by atoms with E-state index >= 15 is 0 Å². The average molecular weight is 360 g/mol. The molecule has 2 heterocycles. The maximum atomic E-state index is 12.3. The molecule has 26 heavy (non-hydrogen) atoms. The first kappa shape index (κ1) is 17.5. The Kier molecular flexibility index (Phi) is 5.52. The zero-order chi connectivity index (χ0) is 18.4. The van der Waals surface area contributed by atoms with E-state index < -0.39 is 5.91 Å². The first-order valence-electron chi connectivity index (χ1n) is 8.07. The second kappa shape index (κ2) is 8.19. The first-order chi connectivity index (χ1) is 12.7. The standard InChI is InChI=1S/C20H16N4OS/c1-2-14-5-7-16(8-6-14)18-13-26-20(23-18)24-19(25)17(11-21)10-15-4-3-9-22-12-15/h3-10,12-13H,2H2,1H3,(H,23,24,25)/b17-10+. The van der Waals surface area contributed by atoms with Gasteiger partial charge in [-0.25, -0.2) is 4.98 Å². The number of thiazole rings is 1. The topological polar surface area (TPSA) is 78.7 Å². The summed E-state index contributed by atoms with van der Waals surface area (Å²) in [6.45, 7) is 2.11. The Hall–Kier alpha value is -3.30. The van der Waals surface area contributed by atoms with Gasteiger partial charge in [-0.3, -0.25) is 15.1 Å². The molecule has 1 N–H and O–H groups in total. The Morgan fingerprint density at radius 3 is 2.77 bits per heavy atom. The smallest absolute Gasteiger partial charge is 0.268 e. The van der Waals surface area contributed by atoms with Crippen LogP contribution in [0.15, 0.2) is 59.7 Å². The molecule has 0 unspecified atom stereocenters. The minimum Gasteiger partial charge on any atom is -0.297 e. The van der Waals surface area contributed by atoms with E-state index in [-0.39, 0.29) is 5.57 Å². The SMILES string of the molecule is CCc1ccc(-c2csc(NC(=O)/C(C#N)=C/c3cccnc3)n2)cc1. The number of carbonyl (C=O) groups is 1. The minimum atomic E-state index is -0.487. The van der Waals surface area contributed by atoms with E-state index in [0.717, 1.165) is 17.7 Å². The monoisotopic (exact) mass is 360 g/mol. The van der Waals surface area contributed by atoms with Gasteiger partial charge >= 0.3 is 0 Å². The van der Waals surface area contributed by atoms with Gasteiger partial charge in [-0.05, 0) is 29.7 Å². The van der Waals surface area contributed by atoms with Gasteiger partial charge in [-0.15, -0.1) is 11.3 Å². The Bertz CT molecular complexity index is 969. The molecule has 0 bridgehead atoms. The molecule has 5 nitrogen and oxygen atoms in total. The molecule has 2 aromatic heterocycles. The summed E-state index contributed by atoms with van der Waals surface area (Å²) < 4.78 is 0. The van der Waals surface area contributed by atoms with Gasteiger partial charge in [0, 0.05) is 23.3 Å². The van der Waals surface area contributed by atoms with Crippen LogP contribution in [0.3, 0.4) is 0 Å². The number of pyridine rings is 1. The number of aromatic nitrogens is 2. The molecule has 0 aliphatic heterocycles. The zero-order valence-electron chi connectivity index (χ0n) is 14.1. The van der Waals surface area contributed by atoms with Crippen LogP contribution in [0.5, 0.6) is 0 Å². The van der Waals surface area contributed by atoms with Crippen molar-refractivity contribution in [1.82, 2.24) is 9.97 Å². The van der Waals surface area contributed by atoms with E-state index in [4.69, 9.17) is 0 Å². The van der Waals surface area contributed by atoms with Crippen molar-refractivity contribution in [2.45, 2.75) is 13.3 Å². The lowest BCUT2D eigenvalue weighted by atomic mass is 10.1. The van der Waals surface area contributed by atoms with Gasteiger partial charge in [0.1, 0.15) is 11.6 Å².